The molecule has 3 heterocycles. The van der Waals surface area contributed by atoms with Crippen molar-refractivity contribution in [1.82, 2.24) is 9.97 Å². The smallest absolute Gasteiger partial charge is 0.139 e. The van der Waals surface area contributed by atoms with Crippen molar-refractivity contribution in [2.24, 2.45) is 0 Å². The van der Waals surface area contributed by atoms with Gasteiger partial charge in [0.15, 0.2) is 0 Å². The molecule has 3 nitrogen and oxygen atoms in total. The van der Waals surface area contributed by atoms with E-state index in [1.54, 1.807) is 6.20 Å². The third-order valence-corrected chi connectivity index (χ3v) is 9.86. The van der Waals surface area contributed by atoms with Gasteiger partial charge in [-0.1, -0.05) is 152 Å². The first-order valence-corrected chi connectivity index (χ1v) is 19.0. The Balaban J connectivity index is 0.000000326. The minimum absolute atomic E-state index is 0. The van der Waals surface area contributed by atoms with E-state index in [1.165, 1.54) is 22.3 Å². The van der Waals surface area contributed by atoms with Crippen molar-refractivity contribution in [3.05, 3.63) is 206 Å². The number of pyridine rings is 2. The van der Waals surface area contributed by atoms with E-state index in [0.717, 1.165) is 67.1 Å². The average molecular weight is 915 g/mol. The van der Waals surface area contributed by atoms with E-state index in [2.05, 4.69) is 160 Å². The van der Waals surface area contributed by atoms with Crippen LogP contribution in [0, 0.1) is 19.1 Å². The molecule has 0 aliphatic heterocycles. The first kappa shape index (κ1) is 39.1. The van der Waals surface area contributed by atoms with Crippen molar-refractivity contribution in [2.45, 2.75) is 33.1 Å². The van der Waals surface area contributed by atoms with E-state index in [4.69, 9.17) is 9.40 Å². The van der Waals surface area contributed by atoms with Crippen molar-refractivity contribution < 1.29 is 24.5 Å². The number of aromatic nitrogens is 2. The van der Waals surface area contributed by atoms with Crippen LogP contribution in [0.2, 0.25) is 0 Å². The fourth-order valence-corrected chi connectivity index (χ4v) is 7.19. The fraction of sp³-hybridized carbons (Fsp3) is 0.0943. The summed E-state index contributed by atoms with van der Waals surface area (Å²) in [6.45, 7) is 8.92. The van der Waals surface area contributed by atoms with Gasteiger partial charge in [-0.25, -0.2) is 0 Å². The Labute approximate surface area is 349 Å². The standard InChI is InChI=1S/C42H34NO.C11H8N.Ir/c1-28-12-11-17-32(24-28)35-20-18-34(38-27-31(22-23-43-38)29-13-7-5-8-14-29)26-36(35)33-19-21-39-37(25-33)40(42(2,3)4)41(44-39)30-15-9-6-10-16-30;1-2-6-10(7-3-1)11-8-4-5-9-12-11;/h5-17,19-27H,1-4H3;1-6,8-9H;/q2*-1;. The van der Waals surface area contributed by atoms with E-state index in [1.807, 2.05) is 60.8 Å². The molecule has 0 saturated carbocycles. The molecule has 0 bridgehead atoms. The number of hydrogen-bond donors (Lipinski definition) is 0. The maximum atomic E-state index is 6.57. The number of furan rings is 1. The van der Waals surface area contributed by atoms with Gasteiger partial charge in [0, 0.05) is 49.0 Å². The van der Waals surface area contributed by atoms with Gasteiger partial charge in [0.25, 0.3) is 0 Å². The Bertz CT molecular complexity index is 2680. The van der Waals surface area contributed by atoms with E-state index < -0.39 is 0 Å². The van der Waals surface area contributed by atoms with Gasteiger partial charge in [0.2, 0.25) is 0 Å². The second-order valence-electron chi connectivity index (χ2n) is 15.0. The molecular formula is C53H42IrN2O-2. The van der Waals surface area contributed by atoms with E-state index >= 15 is 0 Å². The summed E-state index contributed by atoms with van der Waals surface area (Å²) in [5, 5.41) is 1.14. The molecule has 6 aromatic carbocycles. The largest absolute Gasteiger partial charge is 0.456 e. The molecule has 9 aromatic rings. The molecule has 0 spiro atoms. The summed E-state index contributed by atoms with van der Waals surface area (Å²) in [6, 6.07) is 65.1. The molecular weight excluding hydrogens is 873 g/mol. The summed E-state index contributed by atoms with van der Waals surface area (Å²) in [5.74, 6) is 0.938. The van der Waals surface area contributed by atoms with Crippen molar-refractivity contribution in [3.8, 4) is 67.2 Å². The number of fused-ring (bicyclic) bond motifs is 1. The monoisotopic (exact) mass is 915 g/mol. The van der Waals surface area contributed by atoms with Crippen molar-refractivity contribution in [1.29, 1.82) is 0 Å². The summed E-state index contributed by atoms with van der Waals surface area (Å²) in [6.07, 6.45) is 3.67. The number of benzene rings is 6. The molecule has 0 saturated heterocycles. The summed E-state index contributed by atoms with van der Waals surface area (Å²) < 4.78 is 6.57. The Morgan fingerprint density at radius 2 is 1.21 bits per heavy atom. The third kappa shape index (κ3) is 8.79. The quantitative estimate of drug-likeness (QED) is 0.156. The third-order valence-electron chi connectivity index (χ3n) is 9.86. The maximum Gasteiger partial charge on any atom is 0.139 e. The first-order valence-electron chi connectivity index (χ1n) is 19.0. The number of rotatable bonds is 6. The summed E-state index contributed by atoms with van der Waals surface area (Å²) in [4.78, 5) is 8.99. The Morgan fingerprint density at radius 3 is 1.91 bits per heavy atom. The average Bonchev–Trinajstić information content (AvgIpc) is 3.65. The Morgan fingerprint density at radius 1 is 0.509 bits per heavy atom. The second-order valence-corrected chi connectivity index (χ2v) is 15.0. The Hall–Kier alpha value is -6.19. The van der Waals surface area contributed by atoms with Crippen LogP contribution in [-0.4, -0.2) is 9.97 Å². The van der Waals surface area contributed by atoms with Gasteiger partial charge in [0.1, 0.15) is 11.3 Å². The van der Waals surface area contributed by atoms with Crippen LogP contribution in [0.25, 0.3) is 78.2 Å². The van der Waals surface area contributed by atoms with E-state index in [-0.39, 0.29) is 25.5 Å². The fourth-order valence-electron chi connectivity index (χ4n) is 7.19. The van der Waals surface area contributed by atoms with E-state index in [0.29, 0.717) is 0 Å². The van der Waals surface area contributed by atoms with Crippen LogP contribution in [0.15, 0.2) is 187 Å². The zero-order valence-corrected chi connectivity index (χ0v) is 34.9. The normalized spacial score (nSPS) is 11.0. The molecule has 4 heteroatoms. The minimum Gasteiger partial charge on any atom is -0.456 e. The van der Waals surface area contributed by atoms with Gasteiger partial charge < -0.3 is 14.4 Å². The van der Waals surface area contributed by atoms with Gasteiger partial charge in [-0.3, -0.25) is 0 Å². The van der Waals surface area contributed by atoms with Crippen LogP contribution < -0.4 is 0 Å². The molecule has 0 fully saturated rings. The molecule has 9 rings (SSSR count). The predicted octanol–water partition coefficient (Wildman–Crippen LogP) is 14.1. The summed E-state index contributed by atoms with van der Waals surface area (Å²) in [7, 11) is 0. The van der Waals surface area contributed by atoms with Crippen molar-refractivity contribution >= 4 is 11.0 Å². The van der Waals surface area contributed by atoms with Gasteiger partial charge in [-0.2, -0.15) is 0 Å². The topological polar surface area (TPSA) is 38.9 Å². The molecule has 0 atom stereocenters. The SMILES string of the molecule is Cc1cccc(-c2c[c-]c(-c3cc(-c4ccccc4)ccn3)cc2-c2ccc3oc(-c4ccccc4)c(C(C)(C)C)c3c2)c1.[Ir].[c-]1ccccc1-c1ccccn1. The van der Waals surface area contributed by atoms with Gasteiger partial charge in [0.05, 0.1) is 0 Å². The van der Waals surface area contributed by atoms with Crippen molar-refractivity contribution in [2.75, 3.05) is 0 Å². The molecule has 0 aliphatic rings. The van der Waals surface area contributed by atoms with Crippen LogP contribution in [0.5, 0.6) is 0 Å². The van der Waals surface area contributed by atoms with Crippen molar-refractivity contribution in [3.63, 3.8) is 0 Å². The molecule has 0 unspecified atom stereocenters. The maximum absolute atomic E-state index is 6.57. The van der Waals surface area contributed by atoms with E-state index in [9.17, 15) is 0 Å². The zero-order chi connectivity index (χ0) is 38.5. The van der Waals surface area contributed by atoms with Gasteiger partial charge in [-0.15, -0.1) is 59.7 Å². The number of nitrogens with zero attached hydrogens (tertiary/aromatic N) is 2. The molecule has 1 radical (unpaired) electrons. The predicted molar refractivity (Wildman–Crippen MR) is 232 cm³/mol. The van der Waals surface area contributed by atoms with Gasteiger partial charge in [-0.05, 0) is 64.7 Å². The minimum atomic E-state index is -0.119. The van der Waals surface area contributed by atoms with Crippen LogP contribution in [0.1, 0.15) is 31.9 Å². The van der Waals surface area contributed by atoms with Gasteiger partial charge >= 0.3 is 0 Å². The summed E-state index contributed by atoms with van der Waals surface area (Å²) in [5.41, 5.74) is 15.1. The molecule has 0 N–H and O–H groups in total. The molecule has 0 aliphatic carbocycles. The molecule has 281 valence electrons. The van der Waals surface area contributed by atoms with Crippen LogP contribution in [-0.2, 0) is 25.5 Å². The molecule has 3 aromatic heterocycles. The number of hydrogen-bond acceptors (Lipinski definition) is 3. The second kappa shape index (κ2) is 17.3. The van der Waals surface area contributed by atoms with Crippen LogP contribution >= 0.6 is 0 Å². The zero-order valence-electron chi connectivity index (χ0n) is 32.5. The Kier molecular flexibility index (Phi) is 11.9. The summed E-state index contributed by atoms with van der Waals surface area (Å²) >= 11 is 0. The van der Waals surface area contributed by atoms with Crippen LogP contribution in [0.3, 0.4) is 0 Å². The molecule has 0 amide bonds. The number of aryl methyl sites for hydroxylation is 1. The first-order chi connectivity index (χ1) is 27.3. The molecule has 57 heavy (non-hydrogen) atoms. The van der Waals surface area contributed by atoms with Crippen LogP contribution in [0.4, 0.5) is 0 Å².